The fraction of sp³-hybridized carbons (Fsp3) is 0.769. The van der Waals surface area contributed by atoms with Gasteiger partial charge in [0.2, 0.25) is 0 Å². The van der Waals surface area contributed by atoms with E-state index in [0.29, 0.717) is 32.2 Å². The number of ether oxygens (including phenoxy) is 1. The fourth-order valence-corrected chi connectivity index (χ4v) is 2.21. The first kappa shape index (κ1) is 16.4. The number of hydrogen-bond acceptors (Lipinski definition) is 4. The molecule has 0 aromatic carbocycles. The molecule has 0 heterocycles. The zero-order valence-corrected chi connectivity index (χ0v) is 11.8. The number of rotatable bonds is 5. The lowest BCUT2D eigenvalue weighted by Gasteiger charge is -2.28. The van der Waals surface area contributed by atoms with Crippen molar-refractivity contribution in [3.8, 4) is 0 Å². The van der Waals surface area contributed by atoms with Crippen molar-refractivity contribution in [1.29, 1.82) is 0 Å². The van der Waals surface area contributed by atoms with Gasteiger partial charge >= 0.3 is 12.0 Å². The molecule has 1 aliphatic carbocycles. The van der Waals surface area contributed by atoms with E-state index in [4.69, 9.17) is 9.84 Å². The third-order valence-corrected chi connectivity index (χ3v) is 3.36. The summed E-state index contributed by atoms with van der Waals surface area (Å²) in [5.74, 6) is -1.57. The van der Waals surface area contributed by atoms with Crippen molar-refractivity contribution in [2.75, 3.05) is 6.54 Å². The number of carbonyl (C=O) groups is 3. The lowest BCUT2D eigenvalue weighted by atomic mass is 9.87. The largest absolute Gasteiger partial charge is 0.481 e. The Hall–Kier alpha value is -1.63. The molecule has 3 N–H and O–H groups in total. The summed E-state index contributed by atoms with van der Waals surface area (Å²) in [5.41, 5.74) is 0. The van der Waals surface area contributed by atoms with Gasteiger partial charge in [0.1, 0.15) is 6.10 Å². The Balaban J connectivity index is 2.32. The molecule has 1 aliphatic rings. The molecule has 0 aromatic heterocycles. The summed E-state index contributed by atoms with van der Waals surface area (Å²) in [5, 5.41) is 13.5. The molecule has 7 nitrogen and oxygen atoms in total. The minimum atomic E-state index is -0.773. The van der Waals surface area contributed by atoms with Crippen LogP contribution in [0.3, 0.4) is 0 Å². The van der Waals surface area contributed by atoms with Gasteiger partial charge in [-0.15, -0.1) is 0 Å². The van der Waals surface area contributed by atoms with Crippen molar-refractivity contribution < 1.29 is 24.2 Å². The molecular formula is C13H22N2O5. The highest BCUT2D eigenvalue weighted by Crippen LogP contribution is 2.27. The Morgan fingerprint density at radius 2 is 1.85 bits per heavy atom. The molecule has 114 valence electrons. The summed E-state index contributed by atoms with van der Waals surface area (Å²) < 4.78 is 5.58. The summed E-state index contributed by atoms with van der Waals surface area (Å²) >= 11 is 0. The van der Waals surface area contributed by atoms with Crippen LogP contribution in [-0.4, -0.2) is 41.8 Å². The maximum absolute atomic E-state index is 11.7. The van der Waals surface area contributed by atoms with Crippen LogP contribution in [-0.2, 0) is 14.3 Å². The molecule has 0 radical (unpaired) electrons. The Morgan fingerprint density at radius 1 is 1.25 bits per heavy atom. The zero-order valence-electron chi connectivity index (χ0n) is 11.8. The van der Waals surface area contributed by atoms with E-state index in [1.807, 2.05) is 0 Å². The number of nitrogens with one attached hydrogen (secondary N) is 2. The van der Waals surface area contributed by atoms with E-state index in [9.17, 15) is 14.4 Å². The summed E-state index contributed by atoms with van der Waals surface area (Å²) in [6.07, 6.45) is 1.51. The average molecular weight is 286 g/mol. The molecule has 0 spiro atoms. The van der Waals surface area contributed by atoms with Crippen molar-refractivity contribution in [3.63, 3.8) is 0 Å². The van der Waals surface area contributed by atoms with Crippen LogP contribution < -0.4 is 10.6 Å². The number of urea groups is 1. The molecule has 0 aliphatic heterocycles. The second-order valence-corrected chi connectivity index (χ2v) is 4.94. The predicted octanol–water partition coefficient (Wildman–Crippen LogP) is 0.881. The van der Waals surface area contributed by atoms with Crippen LogP contribution in [0.5, 0.6) is 0 Å². The first-order chi connectivity index (χ1) is 9.43. The van der Waals surface area contributed by atoms with Crippen molar-refractivity contribution in [2.24, 2.45) is 5.92 Å². The SMILES string of the molecule is CCNC(=O)NC(=O)C(C)OC1CCC(C(=O)O)CC1. The van der Waals surface area contributed by atoms with Gasteiger partial charge in [-0.25, -0.2) is 4.79 Å². The van der Waals surface area contributed by atoms with Crippen molar-refractivity contribution in [1.82, 2.24) is 10.6 Å². The van der Waals surface area contributed by atoms with E-state index in [2.05, 4.69) is 10.6 Å². The summed E-state index contributed by atoms with van der Waals surface area (Å²) in [6, 6.07) is -0.539. The van der Waals surface area contributed by atoms with Gasteiger partial charge in [0, 0.05) is 6.54 Å². The predicted molar refractivity (Wildman–Crippen MR) is 71.1 cm³/mol. The molecule has 0 bridgehead atoms. The lowest BCUT2D eigenvalue weighted by molar-refractivity contribution is -0.146. The minimum absolute atomic E-state index is 0.124. The van der Waals surface area contributed by atoms with Crippen LogP contribution in [0.25, 0.3) is 0 Å². The van der Waals surface area contributed by atoms with E-state index >= 15 is 0 Å². The van der Waals surface area contributed by atoms with Gasteiger partial charge in [0.15, 0.2) is 0 Å². The first-order valence-corrected chi connectivity index (χ1v) is 6.91. The van der Waals surface area contributed by atoms with E-state index in [-0.39, 0.29) is 12.0 Å². The summed E-state index contributed by atoms with van der Waals surface area (Å²) in [7, 11) is 0. The Bertz CT molecular complexity index is 364. The van der Waals surface area contributed by atoms with Gasteiger partial charge in [-0.05, 0) is 39.5 Å². The van der Waals surface area contributed by atoms with E-state index in [0.717, 1.165) is 0 Å². The zero-order chi connectivity index (χ0) is 15.1. The van der Waals surface area contributed by atoms with Gasteiger partial charge in [-0.3, -0.25) is 14.9 Å². The van der Waals surface area contributed by atoms with Crippen molar-refractivity contribution >= 4 is 17.9 Å². The topological polar surface area (TPSA) is 105 Å². The Morgan fingerprint density at radius 3 is 2.35 bits per heavy atom. The van der Waals surface area contributed by atoms with Crippen LogP contribution in [0, 0.1) is 5.92 Å². The molecule has 1 atom stereocenters. The lowest BCUT2D eigenvalue weighted by Crippen LogP contribution is -2.45. The quantitative estimate of drug-likeness (QED) is 0.696. The van der Waals surface area contributed by atoms with Gasteiger partial charge in [-0.2, -0.15) is 0 Å². The van der Waals surface area contributed by atoms with Gasteiger partial charge < -0.3 is 15.2 Å². The standard InChI is InChI=1S/C13H22N2O5/c1-3-14-13(19)15-11(16)8(2)20-10-6-4-9(5-7-10)12(17)18/h8-10H,3-7H2,1-2H3,(H,17,18)(H2,14,15,16,19). The number of imide groups is 1. The second kappa shape index (κ2) is 7.84. The van der Waals surface area contributed by atoms with Crippen LogP contribution in [0.1, 0.15) is 39.5 Å². The molecule has 1 fully saturated rings. The maximum atomic E-state index is 11.7. The van der Waals surface area contributed by atoms with Crippen molar-refractivity contribution in [3.05, 3.63) is 0 Å². The average Bonchev–Trinajstić information content (AvgIpc) is 2.39. The first-order valence-electron chi connectivity index (χ1n) is 6.91. The van der Waals surface area contributed by atoms with E-state index < -0.39 is 24.0 Å². The van der Waals surface area contributed by atoms with Crippen LogP contribution >= 0.6 is 0 Å². The van der Waals surface area contributed by atoms with Gasteiger partial charge in [-0.1, -0.05) is 0 Å². The van der Waals surface area contributed by atoms with Crippen LogP contribution in [0.4, 0.5) is 4.79 Å². The number of amides is 3. The third kappa shape index (κ3) is 5.16. The van der Waals surface area contributed by atoms with Crippen LogP contribution in [0.2, 0.25) is 0 Å². The summed E-state index contributed by atoms with van der Waals surface area (Å²) in [4.78, 5) is 33.7. The smallest absolute Gasteiger partial charge is 0.321 e. The van der Waals surface area contributed by atoms with E-state index in [1.165, 1.54) is 0 Å². The summed E-state index contributed by atoms with van der Waals surface area (Å²) in [6.45, 7) is 3.77. The van der Waals surface area contributed by atoms with Gasteiger partial charge in [0.05, 0.1) is 12.0 Å². The Kier molecular flexibility index (Phi) is 6.44. The molecule has 1 saturated carbocycles. The van der Waals surface area contributed by atoms with Crippen LogP contribution in [0.15, 0.2) is 0 Å². The number of hydrogen-bond donors (Lipinski definition) is 3. The second-order valence-electron chi connectivity index (χ2n) is 4.94. The molecule has 0 aromatic rings. The minimum Gasteiger partial charge on any atom is -0.481 e. The number of carboxylic acid groups (broad SMARTS) is 1. The molecule has 20 heavy (non-hydrogen) atoms. The fourth-order valence-electron chi connectivity index (χ4n) is 2.21. The van der Waals surface area contributed by atoms with Crippen molar-refractivity contribution in [2.45, 2.75) is 51.7 Å². The van der Waals surface area contributed by atoms with Gasteiger partial charge in [0.25, 0.3) is 5.91 Å². The number of carboxylic acids is 1. The normalized spacial score (nSPS) is 23.7. The highest BCUT2D eigenvalue weighted by molar-refractivity contribution is 5.96. The molecule has 0 saturated heterocycles. The number of aliphatic carboxylic acids is 1. The highest BCUT2D eigenvalue weighted by atomic mass is 16.5. The third-order valence-electron chi connectivity index (χ3n) is 3.36. The molecule has 1 rings (SSSR count). The number of carbonyl (C=O) groups excluding carboxylic acids is 2. The molecule has 1 unspecified atom stereocenters. The molecule has 3 amide bonds. The molecular weight excluding hydrogens is 264 g/mol. The Labute approximate surface area is 118 Å². The monoisotopic (exact) mass is 286 g/mol. The highest BCUT2D eigenvalue weighted by Gasteiger charge is 2.28. The maximum Gasteiger partial charge on any atom is 0.321 e. The van der Waals surface area contributed by atoms with E-state index in [1.54, 1.807) is 13.8 Å². The molecule has 7 heteroatoms.